The summed E-state index contributed by atoms with van der Waals surface area (Å²) in [5.41, 5.74) is 5.64. The Bertz CT molecular complexity index is 458. The number of aliphatic imine (C=N–C) groups is 1. The quantitative estimate of drug-likeness (QED) is 0.391. The van der Waals surface area contributed by atoms with Crippen LogP contribution in [0.2, 0.25) is 0 Å². The molecule has 1 unspecified atom stereocenters. The van der Waals surface area contributed by atoms with Gasteiger partial charge in [-0.1, -0.05) is 57.9 Å². The van der Waals surface area contributed by atoms with Crippen LogP contribution in [0.5, 0.6) is 0 Å². The monoisotopic (exact) mass is 335 g/mol. The van der Waals surface area contributed by atoms with Crippen LogP contribution in [0.4, 0.5) is 0 Å². The summed E-state index contributed by atoms with van der Waals surface area (Å²) >= 11 is 0. The van der Waals surface area contributed by atoms with Gasteiger partial charge < -0.3 is 15.6 Å². The smallest absolute Gasteiger partial charge is 0.232 e. The van der Waals surface area contributed by atoms with Crippen molar-refractivity contribution in [2.24, 2.45) is 10.7 Å². The Kier molecular flexibility index (Phi) is 10.3. The van der Waals surface area contributed by atoms with Gasteiger partial charge in [0, 0.05) is 12.6 Å². The lowest BCUT2D eigenvalue weighted by Crippen LogP contribution is -2.54. The predicted octanol–water partition coefficient (Wildman–Crippen LogP) is 2.48. The van der Waals surface area contributed by atoms with Crippen LogP contribution in [0.15, 0.2) is 29.5 Å². The maximum atomic E-state index is 11.0. The largest absolute Gasteiger partial charge is 0.544 e. The number of quaternary nitrogens is 1. The zero-order valence-electron chi connectivity index (χ0n) is 15.1. The molecule has 0 radical (unpaired) electrons. The summed E-state index contributed by atoms with van der Waals surface area (Å²) in [5, 5.41) is 11.0. The lowest BCUT2D eigenvalue weighted by Gasteiger charge is -2.31. The van der Waals surface area contributed by atoms with E-state index in [1.165, 1.54) is 51.4 Å². The maximum Gasteiger partial charge on any atom is 0.232 e. The van der Waals surface area contributed by atoms with Crippen LogP contribution in [0.25, 0.3) is 0 Å². The van der Waals surface area contributed by atoms with E-state index in [1.807, 2.05) is 6.08 Å². The van der Waals surface area contributed by atoms with E-state index >= 15 is 0 Å². The molecule has 5 nitrogen and oxygen atoms in total. The standard InChI is InChI=1S/C19H33N3O2/c1-2-3-4-5-6-7-8-9-10-11-12-18-21-14-16-22(18,15-13-20)17-19(23)24/h11-12,14,16H,2-10,13,15,17,20H2,1H3/b12-11+. The molecule has 1 aliphatic rings. The SMILES string of the molecule is CCCCCCCCCC/C=C/C1=NC=C[N+]1(CCN)CC(=O)[O-]. The summed E-state index contributed by atoms with van der Waals surface area (Å²) in [5.74, 6) is -0.344. The molecule has 0 aliphatic carbocycles. The molecule has 0 aromatic heterocycles. The van der Waals surface area contributed by atoms with E-state index in [2.05, 4.69) is 18.0 Å². The molecule has 1 atom stereocenters. The molecule has 0 saturated carbocycles. The van der Waals surface area contributed by atoms with E-state index < -0.39 is 5.97 Å². The van der Waals surface area contributed by atoms with Crippen LogP contribution in [0, 0.1) is 0 Å². The second-order valence-corrected chi connectivity index (χ2v) is 6.53. The second-order valence-electron chi connectivity index (χ2n) is 6.53. The highest BCUT2D eigenvalue weighted by atomic mass is 16.4. The Morgan fingerprint density at radius 3 is 2.50 bits per heavy atom. The van der Waals surface area contributed by atoms with Crippen molar-refractivity contribution in [3.8, 4) is 0 Å². The number of nitrogens with zero attached hydrogens (tertiary/aromatic N) is 2. The summed E-state index contributed by atoms with van der Waals surface area (Å²) < 4.78 is 0.159. The number of carbonyl (C=O) groups is 1. The third-order valence-electron chi connectivity index (χ3n) is 4.45. The van der Waals surface area contributed by atoms with Gasteiger partial charge in [-0.25, -0.2) is 4.48 Å². The topological polar surface area (TPSA) is 78.5 Å². The molecule has 0 spiro atoms. The lowest BCUT2D eigenvalue weighted by atomic mass is 10.1. The van der Waals surface area contributed by atoms with Crippen molar-refractivity contribution in [3.05, 3.63) is 24.6 Å². The maximum absolute atomic E-state index is 11.0. The molecule has 24 heavy (non-hydrogen) atoms. The van der Waals surface area contributed by atoms with Crippen LogP contribution in [0.3, 0.4) is 0 Å². The highest BCUT2D eigenvalue weighted by molar-refractivity contribution is 5.90. The van der Waals surface area contributed by atoms with Gasteiger partial charge in [0.2, 0.25) is 5.84 Å². The average Bonchev–Trinajstić information content (AvgIpc) is 2.91. The minimum absolute atomic E-state index is 0.116. The Morgan fingerprint density at radius 1 is 1.21 bits per heavy atom. The minimum atomic E-state index is -1.08. The van der Waals surface area contributed by atoms with Gasteiger partial charge in [-0.05, 0) is 12.8 Å². The molecular weight excluding hydrogens is 302 g/mol. The summed E-state index contributed by atoms with van der Waals surface area (Å²) in [6.45, 7) is 3.05. The van der Waals surface area contributed by atoms with Crippen molar-refractivity contribution in [1.29, 1.82) is 0 Å². The van der Waals surface area contributed by atoms with Gasteiger partial charge in [-0.3, -0.25) is 0 Å². The summed E-state index contributed by atoms with van der Waals surface area (Å²) in [6, 6.07) is 0. The molecule has 5 heteroatoms. The number of hydrogen-bond acceptors (Lipinski definition) is 4. The normalized spacial score (nSPS) is 20.0. The fourth-order valence-electron chi connectivity index (χ4n) is 3.07. The Balaban J connectivity index is 2.29. The van der Waals surface area contributed by atoms with E-state index in [9.17, 15) is 9.90 Å². The van der Waals surface area contributed by atoms with E-state index in [1.54, 1.807) is 12.4 Å². The van der Waals surface area contributed by atoms with Gasteiger partial charge in [0.05, 0.1) is 12.2 Å². The summed E-state index contributed by atoms with van der Waals surface area (Å²) in [6.07, 6.45) is 18.9. The van der Waals surface area contributed by atoms with Gasteiger partial charge in [0.15, 0.2) is 0 Å². The molecule has 136 valence electrons. The molecule has 1 heterocycles. The number of allylic oxidation sites excluding steroid dienone is 1. The van der Waals surface area contributed by atoms with E-state index in [4.69, 9.17) is 5.73 Å². The minimum Gasteiger partial charge on any atom is -0.544 e. The molecular formula is C19H33N3O2. The number of nitrogens with two attached hydrogens (primary N) is 1. The average molecular weight is 335 g/mol. The number of carboxylic acids is 1. The third kappa shape index (κ3) is 7.41. The number of carbonyl (C=O) groups excluding carboxylic acids is 1. The summed E-state index contributed by atoms with van der Waals surface area (Å²) in [4.78, 5) is 15.4. The van der Waals surface area contributed by atoms with Gasteiger partial charge in [-0.2, -0.15) is 4.99 Å². The molecule has 0 saturated heterocycles. The van der Waals surface area contributed by atoms with Gasteiger partial charge >= 0.3 is 0 Å². The number of hydrogen-bond donors (Lipinski definition) is 1. The molecule has 0 aromatic rings. The fourth-order valence-corrected chi connectivity index (χ4v) is 3.07. The van der Waals surface area contributed by atoms with E-state index in [-0.39, 0.29) is 11.0 Å². The first-order valence-corrected chi connectivity index (χ1v) is 9.34. The van der Waals surface area contributed by atoms with Crippen molar-refractivity contribution in [3.63, 3.8) is 0 Å². The van der Waals surface area contributed by atoms with Crippen molar-refractivity contribution in [2.45, 2.75) is 64.7 Å². The fraction of sp³-hybridized carbons (Fsp3) is 0.684. The molecule has 1 rings (SSSR count). The van der Waals surface area contributed by atoms with E-state index in [0.717, 1.165) is 12.3 Å². The van der Waals surface area contributed by atoms with Crippen molar-refractivity contribution < 1.29 is 14.4 Å². The third-order valence-corrected chi connectivity index (χ3v) is 4.45. The van der Waals surface area contributed by atoms with E-state index in [0.29, 0.717) is 13.1 Å². The number of aliphatic carboxylic acids is 1. The van der Waals surface area contributed by atoms with Gasteiger partial charge in [0.1, 0.15) is 19.3 Å². The van der Waals surface area contributed by atoms with Crippen LogP contribution in [-0.4, -0.2) is 35.9 Å². The van der Waals surface area contributed by atoms with Crippen LogP contribution >= 0.6 is 0 Å². The molecule has 0 amide bonds. The Morgan fingerprint density at radius 2 is 1.88 bits per heavy atom. The molecule has 0 aromatic carbocycles. The van der Waals surface area contributed by atoms with Crippen LogP contribution in [0.1, 0.15) is 64.7 Å². The molecule has 1 aliphatic heterocycles. The summed E-state index contributed by atoms with van der Waals surface area (Å²) in [7, 11) is 0. The first-order chi connectivity index (χ1) is 11.6. The van der Waals surface area contributed by atoms with Crippen LogP contribution < -0.4 is 10.8 Å². The lowest BCUT2D eigenvalue weighted by molar-refractivity contribution is -0.778. The van der Waals surface area contributed by atoms with Gasteiger partial charge in [0.25, 0.3) is 0 Å². The first kappa shape index (κ1) is 20.6. The zero-order chi connectivity index (χ0) is 17.7. The molecule has 2 N–H and O–H groups in total. The molecule has 0 bridgehead atoms. The predicted molar refractivity (Wildman–Crippen MR) is 97.0 cm³/mol. The Labute approximate surface area is 146 Å². The van der Waals surface area contributed by atoms with Gasteiger partial charge in [-0.15, -0.1) is 0 Å². The highest BCUT2D eigenvalue weighted by Crippen LogP contribution is 2.17. The number of unbranched alkanes of at least 4 members (excludes halogenated alkanes) is 8. The number of amidine groups is 1. The van der Waals surface area contributed by atoms with Crippen LogP contribution in [-0.2, 0) is 4.79 Å². The second kappa shape index (κ2) is 12.0. The first-order valence-electron chi connectivity index (χ1n) is 9.34. The number of rotatable bonds is 14. The van der Waals surface area contributed by atoms with Crippen molar-refractivity contribution in [1.82, 2.24) is 0 Å². The highest BCUT2D eigenvalue weighted by Gasteiger charge is 2.33. The zero-order valence-corrected chi connectivity index (χ0v) is 15.1. The van der Waals surface area contributed by atoms with Crippen molar-refractivity contribution >= 4 is 11.8 Å². The van der Waals surface area contributed by atoms with Crippen molar-refractivity contribution in [2.75, 3.05) is 19.6 Å². The number of carboxylic acid groups (broad SMARTS) is 1. The molecule has 0 fully saturated rings. The Hall–Kier alpha value is -1.46.